The van der Waals surface area contributed by atoms with E-state index in [1.807, 2.05) is 0 Å². The van der Waals surface area contributed by atoms with Gasteiger partial charge in [-0.1, -0.05) is 0 Å². The SMILES string of the molecule is FC(F)(F)c1cc(Br)c2[nH]ncc2c1. The van der Waals surface area contributed by atoms with E-state index in [2.05, 4.69) is 26.1 Å². The summed E-state index contributed by atoms with van der Waals surface area (Å²) in [6.07, 6.45) is -2.97. The van der Waals surface area contributed by atoms with Crippen LogP contribution in [0.15, 0.2) is 22.8 Å². The van der Waals surface area contributed by atoms with Crippen molar-refractivity contribution >= 4 is 26.8 Å². The molecule has 0 radical (unpaired) electrons. The molecule has 0 saturated heterocycles. The smallest absolute Gasteiger partial charge is 0.277 e. The number of aromatic nitrogens is 2. The van der Waals surface area contributed by atoms with Gasteiger partial charge in [-0.15, -0.1) is 0 Å². The van der Waals surface area contributed by atoms with Crippen molar-refractivity contribution in [2.75, 3.05) is 0 Å². The molecule has 0 aliphatic rings. The minimum Gasteiger partial charge on any atom is -0.277 e. The Balaban J connectivity index is 2.70. The highest BCUT2D eigenvalue weighted by Gasteiger charge is 2.31. The molecule has 1 heterocycles. The average molecular weight is 265 g/mol. The Bertz CT molecular complexity index is 475. The van der Waals surface area contributed by atoms with Crippen LogP contribution in [0.4, 0.5) is 13.2 Å². The maximum absolute atomic E-state index is 12.4. The second-order valence-electron chi connectivity index (χ2n) is 2.79. The van der Waals surface area contributed by atoms with Crippen LogP contribution < -0.4 is 0 Å². The topological polar surface area (TPSA) is 28.7 Å². The number of halogens is 4. The van der Waals surface area contributed by atoms with Crippen molar-refractivity contribution in [1.29, 1.82) is 0 Å². The Morgan fingerprint density at radius 3 is 2.64 bits per heavy atom. The second kappa shape index (κ2) is 2.98. The highest BCUT2D eigenvalue weighted by molar-refractivity contribution is 9.10. The van der Waals surface area contributed by atoms with E-state index in [0.29, 0.717) is 15.4 Å². The quantitative estimate of drug-likeness (QED) is 0.777. The molecule has 0 atom stereocenters. The van der Waals surface area contributed by atoms with E-state index in [1.54, 1.807) is 0 Å². The van der Waals surface area contributed by atoms with Crippen LogP contribution in [-0.4, -0.2) is 10.2 Å². The summed E-state index contributed by atoms with van der Waals surface area (Å²) in [6, 6.07) is 2.09. The first-order valence-corrected chi connectivity index (χ1v) is 4.47. The number of hydrogen-bond acceptors (Lipinski definition) is 1. The van der Waals surface area contributed by atoms with Crippen LogP contribution in [0.25, 0.3) is 10.9 Å². The molecular weight excluding hydrogens is 261 g/mol. The Labute approximate surface area is 85.2 Å². The second-order valence-corrected chi connectivity index (χ2v) is 3.64. The lowest BCUT2D eigenvalue weighted by Crippen LogP contribution is -2.04. The Hall–Kier alpha value is -1.04. The number of benzene rings is 1. The summed E-state index contributed by atoms with van der Waals surface area (Å²) in [5.41, 5.74) is -0.115. The third kappa shape index (κ3) is 1.50. The first kappa shape index (κ1) is 9.51. The number of nitrogens with zero attached hydrogens (tertiary/aromatic N) is 1. The predicted octanol–water partition coefficient (Wildman–Crippen LogP) is 3.34. The van der Waals surface area contributed by atoms with E-state index in [9.17, 15) is 13.2 Å². The summed E-state index contributed by atoms with van der Waals surface area (Å²) in [7, 11) is 0. The summed E-state index contributed by atoms with van der Waals surface area (Å²) in [5, 5.41) is 6.70. The lowest BCUT2D eigenvalue weighted by Gasteiger charge is -2.06. The minimum absolute atomic E-state index is 0.361. The van der Waals surface area contributed by atoms with Crippen molar-refractivity contribution in [2.24, 2.45) is 0 Å². The molecule has 0 saturated carbocycles. The summed E-state index contributed by atoms with van der Waals surface area (Å²) in [4.78, 5) is 0. The van der Waals surface area contributed by atoms with Gasteiger partial charge in [0.25, 0.3) is 0 Å². The molecule has 0 spiro atoms. The van der Waals surface area contributed by atoms with E-state index in [-0.39, 0.29) is 0 Å². The molecule has 1 N–H and O–H groups in total. The summed E-state index contributed by atoms with van der Waals surface area (Å²) >= 11 is 3.05. The Kier molecular flexibility index (Phi) is 2.02. The number of rotatable bonds is 0. The van der Waals surface area contributed by atoms with Crippen LogP contribution in [0.5, 0.6) is 0 Å². The largest absolute Gasteiger partial charge is 0.416 e. The van der Waals surface area contributed by atoms with Crippen LogP contribution in [0.3, 0.4) is 0 Å². The van der Waals surface area contributed by atoms with Gasteiger partial charge in [0.1, 0.15) is 0 Å². The lowest BCUT2D eigenvalue weighted by molar-refractivity contribution is -0.137. The molecule has 2 nitrogen and oxygen atoms in total. The van der Waals surface area contributed by atoms with E-state index >= 15 is 0 Å². The fourth-order valence-electron chi connectivity index (χ4n) is 1.18. The standard InChI is InChI=1S/C8H4BrF3N2/c9-6-2-5(8(10,11)12)1-4-3-13-14-7(4)6/h1-3H,(H,13,14). The minimum atomic E-state index is -4.33. The van der Waals surface area contributed by atoms with E-state index in [4.69, 9.17) is 0 Å². The maximum Gasteiger partial charge on any atom is 0.416 e. The Morgan fingerprint density at radius 1 is 1.29 bits per heavy atom. The van der Waals surface area contributed by atoms with E-state index in [1.165, 1.54) is 6.20 Å². The van der Waals surface area contributed by atoms with Crippen LogP contribution >= 0.6 is 15.9 Å². The zero-order valence-electron chi connectivity index (χ0n) is 6.69. The van der Waals surface area contributed by atoms with Gasteiger partial charge in [-0.25, -0.2) is 0 Å². The number of fused-ring (bicyclic) bond motifs is 1. The highest BCUT2D eigenvalue weighted by atomic mass is 79.9. The fraction of sp³-hybridized carbons (Fsp3) is 0.125. The number of hydrogen-bond donors (Lipinski definition) is 1. The molecule has 6 heteroatoms. The average Bonchev–Trinajstić information content (AvgIpc) is 2.50. The van der Waals surface area contributed by atoms with Gasteiger partial charge in [0.15, 0.2) is 0 Å². The van der Waals surface area contributed by atoms with Gasteiger partial charge in [-0.05, 0) is 28.1 Å². The van der Waals surface area contributed by atoms with Gasteiger partial charge in [-0.2, -0.15) is 18.3 Å². The third-order valence-corrected chi connectivity index (χ3v) is 2.45. The predicted molar refractivity (Wildman–Crippen MR) is 48.8 cm³/mol. The van der Waals surface area contributed by atoms with E-state index in [0.717, 1.165) is 12.1 Å². The zero-order chi connectivity index (χ0) is 10.3. The van der Waals surface area contributed by atoms with Gasteiger partial charge in [0.05, 0.1) is 17.3 Å². The molecule has 0 amide bonds. The molecule has 0 fully saturated rings. The molecule has 1 aromatic heterocycles. The summed E-state index contributed by atoms with van der Waals surface area (Å²) in [6.45, 7) is 0. The monoisotopic (exact) mass is 264 g/mol. The highest BCUT2D eigenvalue weighted by Crippen LogP contribution is 2.34. The van der Waals surface area contributed by atoms with Gasteiger partial charge in [-0.3, -0.25) is 5.10 Å². The molecule has 0 aliphatic carbocycles. The maximum atomic E-state index is 12.4. The number of alkyl halides is 3. The van der Waals surface area contributed by atoms with Gasteiger partial charge >= 0.3 is 6.18 Å². The molecule has 2 rings (SSSR count). The molecule has 0 aliphatic heterocycles. The third-order valence-electron chi connectivity index (χ3n) is 1.83. The van der Waals surface area contributed by atoms with Crippen LogP contribution in [-0.2, 0) is 6.18 Å². The molecule has 74 valence electrons. The van der Waals surface area contributed by atoms with Crippen molar-refractivity contribution < 1.29 is 13.2 Å². The number of nitrogens with one attached hydrogen (secondary N) is 1. The van der Waals surface area contributed by atoms with Crippen molar-refractivity contribution in [3.63, 3.8) is 0 Å². The van der Waals surface area contributed by atoms with E-state index < -0.39 is 11.7 Å². The van der Waals surface area contributed by atoms with Crippen molar-refractivity contribution in [3.05, 3.63) is 28.4 Å². The summed E-state index contributed by atoms with van der Waals surface area (Å²) in [5.74, 6) is 0. The number of aromatic amines is 1. The fourth-order valence-corrected chi connectivity index (χ4v) is 1.74. The van der Waals surface area contributed by atoms with Crippen LogP contribution in [0.1, 0.15) is 5.56 Å². The zero-order valence-corrected chi connectivity index (χ0v) is 8.28. The molecule has 0 unspecified atom stereocenters. The first-order valence-electron chi connectivity index (χ1n) is 3.68. The molecule has 2 aromatic rings. The van der Waals surface area contributed by atoms with Crippen LogP contribution in [0.2, 0.25) is 0 Å². The molecule has 14 heavy (non-hydrogen) atoms. The van der Waals surface area contributed by atoms with Gasteiger partial charge in [0, 0.05) is 9.86 Å². The van der Waals surface area contributed by atoms with Gasteiger partial charge in [0.2, 0.25) is 0 Å². The molecular formula is C8H4BrF3N2. The number of H-pyrrole nitrogens is 1. The van der Waals surface area contributed by atoms with Crippen molar-refractivity contribution in [2.45, 2.75) is 6.18 Å². The van der Waals surface area contributed by atoms with Gasteiger partial charge < -0.3 is 0 Å². The van der Waals surface area contributed by atoms with Crippen LogP contribution in [0, 0.1) is 0 Å². The first-order chi connectivity index (χ1) is 6.48. The lowest BCUT2D eigenvalue weighted by atomic mass is 10.1. The Morgan fingerprint density at radius 2 is 2.00 bits per heavy atom. The molecule has 1 aromatic carbocycles. The van der Waals surface area contributed by atoms with Crippen molar-refractivity contribution in [1.82, 2.24) is 10.2 Å². The summed E-state index contributed by atoms with van der Waals surface area (Å²) < 4.78 is 37.4. The normalized spacial score (nSPS) is 12.3. The van der Waals surface area contributed by atoms with Crippen molar-refractivity contribution in [3.8, 4) is 0 Å². The molecule has 0 bridgehead atoms.